The summed E-state index contributed by atoms with van der Waals surface area (Å²) in [5, 5.41) is 0.538. The summed E-state index contributed by atoms with van der Waals surface area (Å²) >= 11 is 3.33. The molecule has 0 aromatic heterocycles. The number of benzene rings is 1. The first-order valence-corrected chi connectivity index (χ1v) is 6.18. The molecule has 0 fully saturated rings. The van der Waals surface area contributed by atoms with Crippen LogP contribution in [0.1, 0.15) is 19.4 Å². The molecule has 1 rings (SSSR count). The summed E-state index contributed by atoms with van der Waals surface area (Å²) in [5.41, 5.74) is 1.33. The Morgan fingerprint density at radius 1 is 1.29 bits per heavy atom. The fourth-order valence-electron chi connectivity index (χ4n) is 1.63. The summed E-state index contributed by atoms with van der Waals surface area (Å²) in [5.74, 6) is -0.152. The predicted molar refractivity (Wildman–Crippen MR) is 69.5 cm³/mol. The Labute approximate surface area is 109 Å². The second-order valence-corrected chi connectivity index (χ2v) is 4.04. The Kier molecular flexibility index (Phi) is 4.69. The zero-order chi connectivity index (χ0) is 13.0. The Bertz CT molecular complexity index is 409. The van der Waals surface area contributed by atoms with Gasteiger partial charge in [0.15, 0.2) is 0 Å². The highest BCUT2D eigenvalue weighted by Gasteiger charge is 2.22. The number of hydrogen-bond donors (Lipinski definition) is 0. The van der Waals surface area contributed by atoms with Gasteiger partial charge in [-0.05, 0) is 11.6 Å². The monoisotopic (exact) mass is 299 g/mol. The maximum Gasteiger partial charge on any atom is 0.230 e. The number of carbonyl (C=O) groups excluding carboxylic acids is 2. The number of ether oxygens (including phenoxy) is 1. The molecule has 92 valence electrons. The van der Waals surface area contributed by atoms with Crippen LogP contribution in [0.25, 0.3) is 0 Å². The lowest BCUT2D eigenvalue weighted by molar-refractivity contribution is -0.124. The van der Waals surface area contributed by atoms with Gasteiger partial charge in [-0.15, -0.1) is 0 Å². The molecule has 2 amide bonds. The zero-order valence-corrected chi connectivity index (χ0v) is 11.6. The number of para-hydroxylation sites is 1. The molecule has 1 aromatic rings. The molecular weight excluding hydrogens is 286 g/mol. The molecule has 0 saturated carbocycles. The summed E-state index contributed by atoms with van der Waals surface area (Å²) < 4.78 is 5.20. The fourth-order valence-corrected chi connectivity index (χ4v) is 2.08. The quantitative estimate of drug-likeness (QED) is 0.806. The summed E-state index contributed by atoms with van der Waals surface area (Å²) in [6, 6.07) is 5.38. The van der Waals surface area contributed by atoms with E-state index in [0.717, 1.165) is 10.5 Å². The Morgan fingerprint density at radius 3 is 2.29 bits per heavy atom. The molecule has 0 N–H and O–H groups in total. The Morgan fingerprint density at radius 2 is 1.88 bits per heavy atom. The highest BCUT2D eigenvalue weighted by molar-refractivity contribution is 9.08. The molecule has 5 heteroatoms. The van der Waals surface area contributed by atoms with Crippen LogP contribution < -0.4 is 9.64 Å². The molecule has 0 aliphatic rings. The Hall–Kier alpha value is -1.36. The van der Waals surface area contributed by atoms with Gasteiger partial charge in [0, 0.05) is 19.2 Å². The van der Waals surface area contributed by atoms with Crippen LogP contribution in [0.4, 0.5) is 5.69 Å². The van der Waals surface area contributed by atoms with Crippen molar-refractivity contribution in [2.75, 3.05) is 12.0 Å². The third kappa shape index (κ3) is 2.85. The summed E-state index contributed by atoms with van der Waals surface area (Å²) in [6.07, 6.45) is 0. The second kappa shape index (κ2) is 5.82. The molecule has 0 saturated heterocycles. The molecule has 0 radical (unpaired) electrons. The van der Waals surface area contributed by atoms with Crippen LogP contribution in [0.2, 0.25) is 0 Å². The highest BCUT2D eigenvalue weighted by atomic mass is 79.9. The maximum absolute atomic E-state index is 11.6. The molecule has 0 atom stereocenters. The molecule has 0 heterocycles. The maximum atomic E-state index is 11.6. The number of hydrogen-bond acceptors (Lipinski definition) is 3. The molecule has 0 aliphatic heterocycles. The van der Waals surface area contributed by atoms with E-state index in [9.17, 15) is 9.59 Å². The number of anilines is 1. The standard InChI is InChI=1S/C12H14BrNO3/c1-8(15)14(9(2)16)12-10(7-13)5-4-6-11(12)17-3/h4-6H,7H2,1-3H3. The van der Waals surface area contributed by atoms with Crippen LogP contribution in [-0.2, 0) is 14.9 Å². The normalized spacial score (nSPS) is 9.88. The number of methoxy groups -OCH3 is 1. The van der Waals surface area contributed by atoms with E-state index >= 15 is 0 Å². The van der Waals surface area contributed by atoms with Crippen molar-refractivity contribution in [3.05, 3.63) is 23.8 Å². The lowest BCUT2D eigenvalue weighted by Crippen LogP contribution is -2.34. The molecule has 1 aromatic carbocycles. The van der Waals surface area contributed by atoms with E-state index in [0.29, 0.717) is 16.8 Å². The molecule has 0 spiro atoms. The first-order chi connectivity index (χ1) is 8.02. The summed E-state index contributed by atoms with van der Waals surface area (Å²) in [7, 11) is 1.51. The molecule has 0 bridgehead atoms. The van der Waals surface area contributed by atoms with Crippen LogP contribution in [0.15, 0.2) is 18.2 Å². The summed E-state index contributed by atoms with van der Waals surface area (Å²) in [4.78, 5) is 24.2. The average Bonchev–Trinajstić information content (AvgIpc) is 2.28. The van der Waals surface area contributed by atoms with Crippen molar-refractivity contribution in [1.82, 2.24) is 0 Å². The number of halogens is 1. The smallest absolute Gasteiger partial charge is 0.230 e. The van der Waals surface area contributed by atoms with Gasteiger partial charge in [0.25, 0.3) is 0 Å². The van der Waals surface area contributed by atoms with E-state index in [-0.39, 0.29) is 11.8 Å². The van der Waals surface area contributed by atoms with Gasteiger partial charge in [-0.2, -0.15) is 0 Å². The Balaban J connectivity index is 3.44. The van der Waals surface area contributed by atoms with Crippen molar-refractivity contribution in [2.24, 2.45) is 0 Å². The zero-order valence-electron chi connectivity index (χ0n) is 9.99. The topological polar surface area (TPSA) is 46.6 Å². The third-order valence-corrected chi connectivity index (χ3v) is 2.90. The number of amides is 2. The van der Waals surface area contributed by atoms with E-state index in [2.05, 4.69) is 15.9 Å². The molecule has 17 heavy (non-hydrogen) atoms. The average molecular weight is 300 g/mol. The van der Waals surface area contributed by atoms with Gasteiger partial charge in [-0.25, -0.2) is 4.90 Å². The van der Waals surface area contributed by atoms with Crippen molar-refractivity contribution in [3.63, 3.8) is 0 Å². The van der Waals surface area contributed by atoms with Gasteiger partial charge in [0.05, 0.1) is 12.8 Å². The van der Waals surface area contributed by atoms with Crippen molar-refractivity contribution in [3.8, 4) is 5.75 Å². The molecule has 0 unspecified atom stereocenters. The largest absolute Gasteiger partial charge is 0.495 e. The SMILES string of the molecule is COc1cccc(CBr)c1N(C(C)=O)C(C)=O. The van der Waals surface area contributed by atoms with Gasteiger partial charge >= 0.3 is 0 Å². The number of imide groups is 1. The number of carbonyl (C=O) groups is 2. The van der Waals surface area contributed by atoms with Gasteiger partial charge in [0.1, 0.15) is 5.75 Å². The van der Waals surface area contributed by atoms with Gasteiger partial charge < -0.3 is 4.74 Å². The third-order valence-electron chi connectivity index (χ3n) is 2.30. The lowest BCUT2D eigenvalue weighted by atomic mass is 10.1. The van der Waals surface area contributed by atoms with Crippen molar-refractivity contribution < 1.29 is 14.3 Å². The van der Waals surface area contributed by atoms with E-state index in [4.69, 9.17) is 4.74 Å². The number of alkyl halides is 1. The first kappa shape index (κ1) is 13.7. The first-order valence-electron chi connectivity index (χ1n) is 5.06. The van der Waals surface area contributed by atoms with E-state index < -0.39 is 0 Å². The highest BCUT2D eigenvalue weighted by Crippen LogP contribution is 2.33. The molecular formula is C12H14BrNO3. The van der Waals surface area contributed by atoms with Crippen molar-refractivity contribution in [1.29, 1.82) is 0 Å². The van der Waals surface area contributed by atoms with Gasteiger partial charge in [0.2, 0.25) is 11.8 Å². The second-order valence-electron chi connectivity index (χ2n) is 3.48. The minimum absolute atomic E-state index is 0.329. The van der Waals surface area contributed by atoms with Crippen molar-refractivity contribution >= 4 is 33.4 Å². The van der Waals surface area contributed by atoms with Crippen LogP contribution in [-0.4, -0.2) is 18.9 Å². The van der Waals surface area contributed by atoms with Crippen LogP contribution >= 0.6 is 15.9 Å². The van der Waals surface area contributed by atoms with Crippen LogP contribution in [0.5, 0.6) is 5.75 Å². The fraction of sp³-hybridized carbons (Fsp3) is 0.333. The van der Waals surface area contributed by atoms with E-state index in [1.807, 2.05) is 12.1 Å². The summed E-state index contributed by atoms with van der Waals surface area (Å²) in [6.45, 7) is 2.71. The minimum atomic E-state index is -0.329. The van der Waals surface area contributed by atoms with Gasteiger partial charge in [-0.3, -0.25) is 9.59 Å². The van der Waals surface area contributed by atoms with E-state index in [1.165, 1.54) is 21.0 Å². The van der Waals surface area contributed by atoms with Crippen molar-refractivity contribution in [2.45, 2.75) is 19.2 Å². The molecule has 4 nitrogen and oxygen atoms in total. The minimum Gasteiger partial charge on any atom is -0.495 e. The van der Waals surface area contributed by atoms with Crippen LogP contribution in [0, 0.1) is 0 Å². The molecule has 0 aliphatic carbocycles. The van der Waals surface area contributed by atoms with Crippen LogP contribution in [0.3, 0.4) is 0 Å². The van der Waals surface area contributed by atoms with Gasteiger partial charge in [-0.1, -0.05) is 28.1 Å². The number of nitrogens with zero attached hydrogens (tertiary/aromatic N) is 1. The lowest BCUT2D eigenvalue weighted by Gasteiger charge is -2.22. The van der Waals surface area contributed by atoms with E-state index in [1.54, 1.807) is 6.07 Å². The number of rotatable bonds is 3. The predicted octanol–water partition coefficient (Wildman–Crippen LogP) is 2.49.